The van der Waals surface area contributed by atoms with Gasteiger partial charge in [0.05, 0.1) is 11.1 Å². The van der Waals surface area contributed by atoms with Gasteiger partial charge in [-0.2, -0.15) is 0 Å². The molecule has 0 unspecified atom stereocenters. The van der Waals surface area contributed by atoms with Gasteiger partial charge < -0.3 is 10.2 Å². The zero-order chi connectivity index (χ0) is 12.8. The van der Waals surface area contributed by atoms with Crippen molar-refractivity contribution >= 4 is 11.9 Å². The minimum absolute atomic E-state index is 0.0144. The van der Waals surface area contributed by atoms with Crippen molar-refractivity contribution < 1.29 is 19.8 Å². The molecule has 94 valence electrons. The molecule has 0 aromatic heterocycles. The lowest BCUT2D eigenvalue weighted by Gasteiger charge is -2.23. The predicted octanol–water partition coefficient (Wildman–Crippen LogP) is 2.61. The average Bonchev–Trinajstić information content (AvgIpc) is 2.29. The maximum absolute atomic E-state index is 11.3. The molecular formula is C13H18O4. The van der Waals surface area contributed by atoms with Gasteiger partial charge in [-0.3, -0.25) is 0 Å². The van der Waals surface area contributed by atoms with E-state index in [9.17, 15) is 14.7 Å². The molecule has 0 bridgehead atoms. The van der Waals surface area contributed by atoms with Crippen LogP contribution in [0.4, 0.5) is 0 Å². The summed E-state index contributed by atoms with van der Waals surface area (Å²) in [6.07, 6.45) is 6.14. The van der Waals surface area contributed by atoms with Crippen LogP contribution in [-0.4, -0.2) is 22.2 Å². The molecule has 2 N–H and O–H groups in total. The molecule has 0 amide bonds. The SMILES string of the molecule is C=CC/C(C(=O)O)=C(/C(=O)O)C1CCCCC1. The second-order valence-corrected chi connectivity index (χ2v) is 4.33. The van der Waals surface area contributed by atoms with Crippen molar-refractivity contribution in [1.29, 1.82) is 0 Å². The van der Waals surface area contributed by atoms with Crippen LogP contribution in [0.1, 0.15) is 38.5 Å². The standard InChI is InChI=1S/C13H18O4/c1-2-6-10(12(14)15)11(13(16)17)9-7-4-3-5-8-9/h2,9H,1,3-8H2,(H,14,15)(H,16,17)/b11-10-. The molecule has 0 spiro atoms. The molecule has 0 radical (unpaired) electrons. The van der Waals surface area contributed by atoms with Gasteiger partial charge in [0.15, 0.2) is 0 Å². The molecule has 1 rings (SSSR count). The Morgan fingerprint density at radius 2 is 1.71 bits per heavy atom. The molecule has 0 heterocycles. The predicted molar refractivity (Wildman–Crippen MR) is 63.7 cm³/mol. The highest BCUT2D eigenvalue weighted by molar-refractivity contribution is 5.99. The molecular weight excluding hydrogens is 220 g/mol. The van der Waals surface area contributed by atoms with Gasteiger partial charge in [-0.25, -0.2) is 9.59 Å². The fourth-order valence-electron chi connectivity index (χ4n) is 2.40. The van der Waals surface area contributed by atoms with E-state index in [4.69, 9.17) is 5.11 Å². The van der Waals surface area contributed by atoms with Crippen molar-refractivity contribution in [2.45, 2.75) is 38.5 Å². The summed E-state index contributed by atoms with van der Waals surface area (Å²) in [6, 6.07) is 0. The van der Waals surface area contributed by atoms with Crippen LogP contribution in [0.25, 0.3) is 0 Å². The van der Waals surface area contributed by atoms with Crippen molar-refractivity contribution in [3.8, 4) is 0 Å². The van der Waals surface area contributed by atoms with E-state index >= 15 is 0 Å². The van der Waals surface area contributed by atoms with Crippen LogP contribution >= 0.6 is 0 Å². The normalized spacial score (nSPS) is 18.4. The first-order valence-electron chi connectivity index (χ1n) is 5.88. The molecule has 0 aliphatic heterocycles. The Morgan fingerprint density at radius 3 is 2.12 bits per heavy atom. The summed E-state index contributed by atoms with van der Waals surface area (Å²) >= 11 is 0. The van der Waals surface area contributed by atoms with Gasteiger partial charge in [-0.1, -0.05) is 25.3 Å². The summed E-state index contributed by atoms with van der Waals surface area (Å²) in [5, 5.41) is 18.3. The first-order valence-corrected chi connectivity index (χ1v) is 5.88. The largest absolute Gasteiger partial charge is 0.478 e. The van der Waals surface area contributed by atoms with Crippen LogP contribution < -0.4 is 0 Å². The molecule has 0 atom stereocenters. The lowest BCUT2D eigenvalue weighted by Crippen LogP contribution is -2.20. The van der Waals surface area contributed by atoms with Crippen LogP contribution in [0.5, 0.6) is 0 Å². The minimum atomic E-state index is -1.15. The van der Waals surface area contributed by atoms with Gasteiger partial charge in [0.2, 0.25) is 0 Å². The van der Waals surface area contributed by atoms with Gasteiger partial charge in [-0.15, -0.1) is 6.58 Å². The van der Waals surface area contributed by atoms with E-state index in [1.54, 1.807) is 0 Å². The Bertz CT molecular complexity index is 348. The van der Waals surface area contributed by atoms with Crippen LogP contribution in [-0.2, 0) is 9.59 Å². The van der Waals surface area contributed by atoms with E-state index in [2.05, 4.69) is 6.58 Å². The van der Waals surface area contributed by atoms with Crippen molar-refractivity contribution in [3.63, 3.8) is 0 Å². The fourth-order valence-corrected chi connectivity index (χ4v) is 2.40. The van der Waals surface area contributed by atoms with Crippen LogP contribution in [0.2, 0.25) is 0 Å². The highest BCUT2D eigenvalue weighted by Gasteiger charge is 2.28. The van der Waals surface area contributed by atoms with E-state index in [1.807, 2.05) is 0 Å². The smallest absolute Gasteiger partial charge is 0.332 e. The van der Waals surface area contributed by atoms with Gasteiger partial charge in [-0.05, 0) is 25.2 Å². The van der Waals surface area contributed by atoms with E-state index in [1.165, 1.54) is 6.08 Å². The number of carbonyl (C=O) groups is 2. The number of rotatable bonds is 5. The van der Waals surface area contributed by atoms with Crippen molar-refractivity contribution in [2.24, 2.45) is 5.92 Å². The average molecular weight is 238 g/mol. The second kappa shape index (κ2) is 6.23. The van der Waals surface area contributed by atoms with Gasteiger partial charge in [0.25, 0.3) is 0 Å². The summed E-state index contributed by atoms with van der Waals surface area (Å²) in [6.45, 7) is 3.48. The Labute approximate surface area is 101 Å². The number of aliphatic carboxylic acids is 2. The topological polar surface area (TPSA) is 74.6 Å². The van der Waals surface area contributed by atoms with Crippen molar-refractivity contribution in [3.05, 3.63) is 23.8 Å². The summed E-state index contributed by atoms with van der Waals surface area (Å²) in [7, 11) is 0. The number of carboxylic acids is 2. The highest BCUT2D eigenvalue weighted by Crippen LogP contribution is 2.32. The molecule has 1 aliphatic rings. The number of carboxylic acid groups (broad SMARTS) is 2. The van der Waals surface area contributed by atoms with Crippen LogP contribution in [0, 0.1) is 5.92 Å². The van der Waals surface area contributed by atoms with Crippen molar-refractivity contribution in [2.75, 3.05) is 0 Å². The molecule has 0 aromatic rings. The summed E-state index contributed by atoms with van der Waals surface area (Å²) in [4.78, 5) is 22.4. The third-order valence-corrected chi connectivity index (χ3v) is 3.18. The van der Waals surface area contributed by atoms with E-state index < -0.39 is 11.9 Å². The van der Waals surface area contributed by atoms with E-state index in [-0.39, 0.29) is 23.5 Å². The molecule has 0 saturated heterocycles. The van der Waals surface area contributed by atoms with Gasteiger partial charge in [0.1, 0.15) is 0 Å². The summed E-state index contributed by atoms with van der Waals surface area (Å²) in [5.74, 6) is -2.36. The Morgan fingerprint density at radius 1 is 1.12 bits per heavy atom. The first kappa shape index (κ1) is 13.5. The third-order valence-electron chi connectivity index (χ3n) is 3.18. The Hall–Kier alpha value is -1.58. The number of allylic oxidation sites excluding steroid dienone is 1. The molecule has 1 fully saturated rings. The van der Waals surface area contributed by atoms with E-state index in [0.29, 0.717) is 0 Å². The van der Waals surface area contributed by atoms with Crippen LogP contribution in [0.15, 0.2) is 23.8 Å². The van der Waals surface area contributed by atoms with E-state index in [0.717, 1.165) is 32.1 Å². The molecule has 4 nitrogen and oxygen atoms in total. The molecule has 17 heavy (non-hydrogen) atoms. The molecule has 0 aromatic carbocycles. The summed E-state index contributed by atoms with van der Waals surface area (Å²) < 4.78 is 0. The second-order valence-electron chi connectivity index (χ2n) is 4.33. The number of hydrogen-bond donors (Lipinski definition) is 2. The molecule has 1 saturated carbocycles. The highest BCUT2D eigenvalue weighted by atomic mass is 16.4. The maximum atomic E-state index is 11.3. The zero-order valence-electron chi connectivity index (χ0n) is 9.82. The molecule has 1 aliphatic carbocycles. The Balaban J connectivity index is 3.09. The quantitative estimate of drug-likeness (QED) is 0.570. The fraction of sp³-hybridized carbons (Fsp3) is 0.538. The lowest BCUT2D eigenvalue weighted by molar-refractivity contribution is -0.136. The Kier molecular flexibility index (Phi) is 4.94. The third kappa shape index (κ3) is 3.44. The van der Waals surface area contributed by atoms with Gasteiger partial charge >= 0.3 is 11.9 Å². The van der Waals surface area contributed by atoms with Gasteiger partial charge in [0, 0.05) is 0 Å². The van der Waals surface area contributed by atoms with Crippen LogP contribution in [0.3, 0.4) is 0 Å². The van der Waals surface area contributed by atoms with Crippen molar-refractivity contribution in [1.82, 2.24) is 0 Å². The lowest BCUT2D eigenvalue weighted by atomic mass is 9.81. The first-order chi connectivity index (χ1) is 8.07. The minimum Gasteiger partial charge on any atom is -0.478 e. The summed E-state index contributed by atoms with van der Waals surface area (Å²) in [5.41, 5.74) is 0.0662. The monoisotopic (exact) mass is 238 g/mol. The number of hydrogen-bond acceptors (Lipinski definition) is 2. The maximum Gasteiger partial charge on any atom is 0.332 e. The molecule has 4 heteroatoms. The zero-order valence-corrected chi connectivity index (χ0v) is 9.82.